The Morgan fingerprint density at radius 2 is 1.69 bits per heavy atom. The van der Waals surface area contributed by atoms with Gasteiger partial charge in [0.05, 0.1) is 38.7 Å². The van der Waals surface area contributed by atoms with Crippen LogP contribution in [0.1, 0.15) is 5.56 Å². The van der Waals surface area contributed by atoms with Gasteiger partial charge in [-0.25, -0.2) is 8.42 Å². The van der Waals surface area contributed by atoms with Crippen LogP contribution in [0.3, 0.4) is 0 Å². The smallest absolute Gasteiger partial charge is 0.243 e. The maximum Gasteiger partial charge on any atom is 0.243 e. The molecule has 1 aliphatic heterocycles. The molecule has 0 radical (unpaired) electrons. The van der Waals surface area contributed by atoms with E-state index >= 15 is 0 Å². The fourth-order valence-corrected chi connectivity index (χ4v) is 4.44. The zero-order chi connectivity index (χ0) is 20.9. The molecule has 0 saturated carbocycles. The van der Waals surface area contributed by atoms with Gasteiger partial charge in [0.2, 0.25) is 15.9 Å². The average molecular weight is 420 g/mol. The molecule has 0 unspecified atom stereocenters. The predicted octanol–water partition coefficient (Wildman–Crippen LogP) is 1.91. The molecule has 8 nitrogen and oxygen atoms in total. The molecule has 2 aromatic rings. The van der Waals surface area contributed by atoms with E-state index in [1.807, 2.05) is 0 Å². The molecule has 0 atom stereocenters. The molecule has 0 spiro atoms. The minimum atomic E-state index is -3.56. The van der Waals surface area contributed by atoms with E-state index in [9.17, 15) is 13.2 Å². The number of amides is 1. The fourth-order valence-electron chi connectivity index (χ4n) is 3.03. The van der Waals surface area contributed by atoms with Gasteiger partial charge in [0.15, 0.2) is 11.5 Å². The molecule has 156 valence electrons. The van der Waals surface area contributed by atoms with Gasteiger partial charge in [0, 0.05) is 18.8 Å². The maximum atomic E-state index is 12.6. The number of hydrogen-bond acceptors (Lipinski definition) is 6. The summed E-state index contributed by atoms with van der Waals surface area (Å²) < 4.78 is 42.3. The standard InChI is InChI=1S/C20H24N2O6S/c1-26-18-8-3-15(13-19(18)27-2)14-20(23)21-16-4-6-17(7-5-16)29(24,25)22-9-11-28-12-10-22/h3-8,13H,9-12,14H2,1-2H3,(H,21,23). The van der Waals surface area contributed by atoms with Crippen molar-refractivity contribution in [1.29, 1.82) is 0 Å². The van der Waals surface area contributed by atoms with Crippen LogP contribution in [0, 0.1) is 0 Å². The molecule has 0 aliphatic carbocycles. The van der Waals surface area contributed by atoms with Crippen molar-refractivity contribution < 1.29 is 27.4 Å². The number of benzene rings is 2. The Kier molecular flexibility index (Phi) is 6.73. The van der Waals surface area contributed by atoms with Crippen molar-refractivity contribution in [1.82, 2.24) is 4.31 Å². The highest BCUT2D eigenvalue weighted by molar-refractivity contribution is 7.89. The van der Waals surface area contributed by atoms with Gasteiger partial charge < -0.3 is 19.5 Å². The quantitative estimate of drug-likeness (QED) is 0.735. The van der Waals surface area contributed by atoms with Crippen LogP contribution >= 0.6 is 0 Å². The minimum absolute atomic E-state index is 0.147. The van der Waals surface area contributed by atoms with Gasteiger partial charge in [-0.15, -0.1) is 0 Å². The molecule has 9 heteroatoms. The summed E-state index contributed by atoms with van der Waals surface area (Å²) in [5, 5.41) is 2.78. The topological polar surface area (TPSA) is 94.2 Å². The van der Waals surface area contributed by atoms with Crippen LogP contribution in [0.25, 0.3) is 0 Å². The minimum Gasteiger partial charge on any atom is -0.493 e. The largest absolute Gasteiger partial charge is 0.493 e. The number of nitrogens with one attached hydrogen (secondary N) is 1. The average Bonchev–Trinajstić information content (AvgIpc) is 2.74. The van der Waals surface area contributed by atoms with Crippen molar-refractivity contribution >= 4 is 21.6 Å². The van der Waals surface area contributed by atoms with Crippen LogP contribution in [0.15, 0.2) is 47.4 Å². The van der Waals surface area contributed by atoms with Crippen molar-refractivity contribution in [2.24, 2.45) is 0 Å². The summed E-state index contributed by atoms with van der Waals surface area (Å²) in [5.41, 5.74) is 1.29. The normalized spacial score (nSPS) is 15.0. The highest BCUT2D eigenvalue weighted by Gasteiger charge is 2.26. The van der Waals surface area contributed by atoms with E-state index in [2.05, 4.69) is 5.32 Å². The summed E-state index contributed by atoms with van der Waals surface area (Å²) in [6, 6.07) is 11.4. The Bertz CT molecular complexity index is 953. The van der Waals surface area contributed by atoms with E-state index in [0.717, 1.165) is 5.56 Å². The van der Waals surface area contributed by atoms with Gasteiger partial charge in [0.25, 0.3) is 0 Å². The van der Waals surface area contributed by atoms with E-state index in [4.69, 9.17) is 14.2 Å². The Balaban J connectivity index is 1.64. The number of carbonyl (C=O) groups excluding carboxylic acids is 1. The first-order valence-corrected chi connectivity index (χ1v) is 10.6. The van der Waals surface area contributed by atoms with Crippen LogP contribution in [0.2, 0.25) is 0 Å². The highest BCUT2D eigenvalue weighted by atomic mass is 32.2. The van der Waals surface area contributed by atoms with E-state index in [1.165, 1.54) is 23.5 Å². The number of ether oxygens (including phenoxy) is 3. The van der Waals surface area contributed by atoms with E-state index < -0.39 is 10.0 Å². The van der Waals surface area contributed by atoms with Crippen LogP contribution in [0.4, 0.5) is 5.69 Å². The zero-order valence-corrected chi connectivity index (χ0v) is 17.2. The van der Waals surface area contributed by atoms with Gasteiger partial charge in [-0.3, -0.25) is 4.79 Å². The highest BCUT2D eigenvalue weighted by Crippen LogP contribution is 2.28. The number of rotatable bonds is 7. The Hall–Kier alpha value is -2.62. The van der Waals surface area contributed by atoms with Crippen LogP contribution in [-0.4, -0.2) is 59.2 Å². The summed E-state index contributed by atoms with van der Waals surface area (Å²) in [4.78, 5) is 12.5. The van der Waals surface area contributed by atoms with Crippen LogP contribution in [0.5, 0.6) is 11.5 Å². The Labute approximate surface area is 170 Å². The van der Waals surface area contributed by atoms with Gasteiger partial charge in [-0.05, 0) is 42.0 Å². The first kappa shape index (κ1) is 21.1. The molecular formula is C20H24N2O6S. The number of nitrogens with zero attached hydrogens (tertiary/aromatic N) is 1. The molecule has 0 aromatic heterocycles. The van der Waals surface area contributed by atoms with Crippen molar-refractivity contribution in [3.63, 3.8) is 0 Å². The number of sulfonamides is 1. The fraction of sp³-hybridized carbons (Fsp3) is 0.350. The monoisotopic (exact) mass is 420 g/mol. The first-order chi connectivity index (χ1) is 13.9. The summed E-state index contributed by atoms with van der Waals surface area (Å²) in [5.74, 6) is 0.921. The second-order valence-electron chi connectivity index (χ2n) is 6.46. The second kappa shape index (κ2) is 9.25. The molecule has 1 fully saturated rings. The Morgan fingerprint density at radius 3 is 2.31 bits per heavy atom. The zero-order valence-electron chi connectivity index (χ0n) is 16.4. The van der Waals surface area contributed by atoms with E-state index in [-0.39, 0.29) is 17.2 Å². The summed E-state index contributed by atoms with van der Waals surface area (Å²) in [6.45, 7) is 1.46. The molecule has 1 aliphatic rings. The predicted molar refractivity (Wildman–Crippen MR) is 108 cm³/mol. The van der Waals surface area contributed by atoms with Crippen LogP contribution < -0.4 is 14.8 Å². The lowest BCUT2D eigenvalue weighted by Crippen LogP contribution is -2.40. The number of hydrogen-bond donors (Lipinski definition) is 1. The van der Waals surface area contributed by atoms with Gasteiger partial charge in [0.1, 0.15) is 0 Å². The van der Waals surface area contributed by atoms with E-state index in [0.29, 0.717) is 43.5 Å². The number of carbonyl (C=O) groups is 1. The molecule has 1 N–H and O–H groups in total. The lowest BCUT2D eigenvalue weighted by molar-refractivity contribution is -0.115. The maximum absolute atomic E-state index is 12.6. The first-order valence-electron chi connectivity index (χ1n) is 9.13. The summed E-state index contributed by atoms with van der Waals surface area (Å²) in [7, 11) is -0.471. The van der Waals surface area contributed by atoms with Crippen molar-refractivity contribution in [3.8, 4) is 11.5 Å². The molecule has 0 bridgehead atoms. The van der Waals surface area contributed by atoms with Crippen molar-refractivity contribution in [2.75, 3.05) is 45.8 Å². The number of anilines is 1. The van der Waals surface area contributed by atoms with Gasteiger partial charge >= 0.3 is 0 Å². The second-order valence-corrected chi connectivity index (χ2v) is 8.39. The third kappa shape index (κ3) is 5.06. The lowest BCUT2D eigenvalue weighted by Gasteiger charge is -2.26. The molecule has 2 aromatic carbocycles. The van der Waals surface area contributed by atoms with Gasteiger partial charge in [-0.1, -0.05) is 6.07 Å². The third-order valence-electron chi connectivity index (χ3n) is 4.56. The summed E-state index contributed by atoms with van der Waals surface area (Å²) in [6.07, 6.45) is 0.147. The number of methoxy groups -OCH3 is 2. The lowest BCUT2D eigenvalue weighted by atomic mass is 10.1. The molecule has 3 rings (SSSR count). The molecule has 1 heterocycles. The van der Waals surface area contributed by atoms with E-state index in [1.54, 1.807) is 37.4 Å². The molecule has 1 amide bonds. The third-order valence-corrected chi connectivity index (χ3v) is 6.47. The summed E-state index contributed by atoms with van der Waals surface area (Å²) >= 11 is 0. The van der Waals surface area contributed by atoms with Gasteiger partial charge in [-0.2, -0.15) is 4.31 Å². The SMILES string of the molecule is COc1ccc(CC(=O)Nc2ccc(S(=O)(=O)N3CCOCC3)cc2)cc1OC. The molecule has 29 heavy (non-hydrogen) atoms. The van der Waals surface area contributed by atoms with Crippen molar-refractivity contribution in [2.45, 2.75) is 11.3 Å². The van der Waals surface area contributed by atoms with Crippen LogP contribution in [-0.2, 0) is 26.0 Å². The van der Waals surface area contributed by atoms with Crippen molar-refractivity contribution in [3.05, 3.63) is 48.0 Å². The molecular weight excluding hydrogens is 396 g/mol. The molecule has 1 saturated heterocycles. The number of morpholine rings is 1. The Morgan fingerprint density at radius 1 is 1.03 bits per heavy atom.